The summed E-state index contributed by atoms with van der Waals surface area (Å²) in [6.45, 7) is 3.74. The lowest BCUT2D eigenvalue weighted by atomic mass is 10.3. The van der Waals surface area contributed by atoms with E-state index in [4.69, 9.17) is 0 Å². The summed E-state index contributed by atoms with van der Waals surface area (Å²) in [4.78, 5) is 2.17. The fourth-order valence-electron chi connectivity index (χ4n) is 1.05. The van der Waals surface area contributed by atoms with Gasteiger partial charge in [-0.2, -0.15) is 0 Å². The van der Waals surface area contributed by atoms with Crippen LogP contribution in [0.2, 0.25) is 0 Å². The second-order valence-electron chi connectivity index (χ2n) is 3.38. The van der Waals surface area contributed by atoms with Crippen LogP contribution in [0.3, 0.4) is 0 Å². The van der Waals surface area contributed by atoms with Gasteiger partial charge in [0, 0.05) is 16.0 Å². The predicted molar refractivity (Wildman–Crippen MR) is 65.0 cm³/mol. The van der Waals surface area contributed by atoms with Crippen molar-refractivity contribution >= 4 is 37.1 Å². The molecule has 1 aromatic rings. The van der Waals surface area contributed by atoms with E-state index in [2.05, 4.69) is 15.9 Å². The molecule has 0 fully saturated rings. The maximum atomic E-state index is 11.3. The highest BCUT2D eigenvalue weighted by atomic mass is 79.9. The molecule has 0 amide bonds. The Kier molecular flexibility index (Phi) is 3.77. The van der Waals surface area contributed by atoms with Crippen LogP contribution in [0, 0.1) is 6.92 Å². The molecule has 0 aliphatic heterocycles. The number of alkyl halides is 1. The molecule has 2 nitrogen and oxygen atoms in total. The van der Waals surface area contributed by atoms with Gasteiger partial charge in [-0.3, -0.25) is 0 Å². The smallest absolute Gasteiger partial charge is 0.151 e. The zero-order valence-corrected chi connectivity index (χ0v) is 11.5. The maximum Gasteiger partial charge on any atom is 0.151 e. The summed E-state index contributed by atoms with van der Waals surface area (Å²) in [6.07, 6.45) is 1.27. The van der Waals surface area contributed by atoms with E-state index < -0.39 is 9.84 Å². The van der Waals surface area contributed by atoms with Gasteiger partial charge in [-0.15, -0.1) is 11.3 Å². The molecule has 0 saturated heterocycles. The van der Waals surface area contributed by atoms with Gasteiger partial charge in [-0.05, 0) is 26.0 Å². The average molecular weight is 297 g/mol. The summed E-state index contributed by atoms with van der Waals surface area (Å²) in [7, 11) is -2.98. The first-order valence-corrected chi connectivity index (χ1v) is 7.90. The number of sulfone groups is 1. The van der Waals surface area contributed by atoms with Gasteiger partial charge in [0.25, 0.3) is 0 Å². The zero-order valence-electron chi connectivity index (χ0n) is 8.32. The molecule has 80 valence electrons. The minimum atomic E-state index is -2.98. The maximum absolute atomic E-state index is 11.3. The summed E-state index contributed by atoms with van der Waals surface area (Å²) < 4.78 is 22.7. The van der Waals surface area contributed by atoms with E-state index in [0.717, 1.165) is 4.88 Å². The number of hydrogen-bond donors (Lipinski definition) is 0. The van der Waals surface area contributed by atoms with Crippen LogP contribution in [0.15, 0.2) is 12.1 Å². The average Bonchev–Trinajstić information content (AvgIpc) is 2.47. The van der Waals surface area contributed by atoms with Crippen molar-refractivity contribution in [1.29, 1.82) is 0 Å². The molecule has 2 unspecified atom stereocenters. The molecular weight excluding hydrogens is 284 g/mol. The van der Waals surface area contributed by atoms with Gasteiger partial charge in [0.2, 0.25) is 0 Å². The van der Waals surface area contributed by atoms with Crippen molar-refractivity contribution in [3.63, 3.8) is 0 Å². The number of thiophene rings is 1. The van der Waals surface area contributed by atoms with Gasteiger partial charge in [0.1, 0.15) is 0 Å². The lowest BCUT2D eigenvalue weighted by Gasteiger charge is -2.14. The summed E-state index contributed by atoms with van der Waals surface area (Å²) in [5.41, 5.74) is 0. The van der Waals surface area contributed by atoms with Crippen molar-refractivity contribution in [3.05, 3.63) is 21.9 Å². The second-order valence-corrected chi connectivity index (χ2v) is 8.09. The number of aryl methyl sites for hydroxylation is 1. The number of halogens is 1. The van der Waals surface area contributed by atoms with E-state index in [1.807, 2.05) is 19.1 Å². The molecule has 0 N–H and O–H groups in total. The molecular formula is C9H13BrO2S2. The van der Waals surface area contributed by atoms with Crippen molar-refractivity contribution in [1.82, 2.24) is 0 Å². The number of rotatable bonds is 3. The van der Waals surface area contributed by atoms with Gasteiger partial charge in [0.05, 0.1) is 10.1 Å². The van der Waals surface area contributed by atoms with Crippen LogP contribution >= 0.6 is 27.3 Å². The number of hydrogen-bond acceptors (Lipinski definition) is 3. The largest absolute Gasteiger partial charge is 0.229 e. The zero-order chi connectivity index (χ0) is 10.9. The van der Waals surface area contributed by atoms with Crippen LogP contribution in [0.25, 0.3) is 0 Å². The monoisotopic (exact) mass is 296 g/mol. The summed E-state index contributed by atoms with van der Waals surface area (Å²) in [5, 5.41) is -0.388. The Morgan fingerprint density at radius 2 is 2.00 bits per heavy atom. The van der Waals surface area contributed by atoms with E-state index >= 15 is 0 Å². The van der Waals surface area contributed by atoms with E-state index in [-0.39, 0.29) is 10.1 Å². The van der Waals surface area contributed by atoms with Crippen LogP contribution in [0.1, 0.15) is 21.5 Å². The summed E-state index contributed by atoms with van der Waals surface area (Å²) >= 11 is 5.06. The fourth-order valence-corrected chi connectivity index (χ4v) is 4.29. The van der Waals surface area contributed by atoms with Crippen LogP contribution in [0.4, 0.5) is 0 Å². The van der Waals surface area contributed by atoms with E-state index in [1.54, 1.807) is 18.3 Å². The van der Waals surface area contributed by atoms with E-state index in [1.165, 1.54) is 11.1 Å². The van der Waals surface area contributed by atoms with Crippen molar-refractivity contribution < 1.29 is 8.42 Å². The standard InChI is InChI=1S/C9H13BrO2S2/c1-6-4-5-8(13-6)9(10)7(2)14(3,11)12/h4-5,7,9H,1-3H3. The van der Waals surface area contributed by atoms with Crippen molar-refractivity contribution in [2.24, 2.45) is 0 Å². The topological polar surface area (TPSA) is 34.1 Å². The Morgan fingerprint density at radius 3 is 2.36 bits per heavy atom. The molecule has 0 aromatic carbocycles. The molecule has 1 heterocycles. The first-order valence-electron chi connectivity index (χ1n) is 4.21. The lowest BCUT2D eigenvalue weighted by molar-refractivity contribution is 0.589. The molecule has 0 saturated carbocycles. The minimum absolute atomic E-state index is 0.101. The highest BCUT2D eigenvalue weighted by Crippen LogP contribution is 2.34. The Balaban J connectivity index is 2.91. The molecule has 14 heavy (non-hydrogen) atoms. The fraction of sp³-hybridized carbons (Fsp3) is 0.556. The summed E-state index contributed by atoms with van der Waals surface area (Å²) in [5.74, 6) is 0. The Morgan fingerprint density at radius 1 is 1.43 bits per heavy atom. The molecule has 1 rings (SSSR count). The van der Waals surface area contributed by atoms with Crippen molar-refractivity contribution in [3.8, 4) is 0 Å². The van der Waals surface area contributed by atoms with Gasteiger partial charge in [-0.1, -0.05) is 15.9 Å². The minimum Gasteiger partial charge on any atom is -0.229 e. The van der Waals surface area contributed by atoms with Crippen molar-refractivity contribution in [2.75, 3.05) is 6.26 Å². The van der Waals surface area contributed by atoms with Gasteiger partial charge in [-0.25, -0.2) is 8.42 Å². The second kappa shape index (κ2) is 4.33. The van der Waals surface area contributed by atoms with Crippen LogP contribution in [-0.4, -0.2) is 19.9 Å². The first kappa shape index (κ1) is 12.2. The highest BCUT2D eigenvalue weighted by molar-refractivity contribution is 9.09. The molecule has 0 aliphatic carbocycles. The van der Waals surface area contributed by atoms with Gasteiger partial charge >= 0.3 is 0 Å². The molecule has 2 atom stereocenters. The normalized spacial score (nSPS) is 16.6. The Bertz CT molecular complexity index is 408. The predicted octanol–water partition coefficient (Wildman–Crippen LogP) is 2.93. The SMILES string of the molecule is Cc1ccc(C(Br)C(C)S(C)(=O)=O)s1. The Hall–Kier alpha value is 0.130. The van der Waals surface area contributed by atoms with E-state index in [9.17, 15) is 8.42 Å². The van der Waals surface area contributed by atoms with E-state index in [0.29, 0.717) is 0 Å². The third kappa shape index (κ3) is 2.81. The van der Waals surface area contributed by atoms with Gasteiger partial charge < -0.3 is 0 Å². The molecule has 0 spiro atoms. The third-order valence-electron chi connectivity index (χ3n) is 2.12. The van der Waals surface area contributed by atoms with Crippen LogP contribution < -0.4 is 0 Å². The van der Waals surface area contributed by atoms with Crippen LogP contribution in [-0.2, 0) is 9.84 Å². The first-order chi connectivity index (χ1) is 6.32. The Labute approximate surface area is 97.4 Å². The molecule has 1 aromatic heterocycles. The molecule has 0 aliphatic rings. The highest BCUT2D eigenvalue weighted by Gasteiger charge is 2.25. The third-order valence-corrected chi connectivity index (χ3v) is 6.77. The quantitative estimate of drug-likeness (QED) is 0.804. The van der Waals surface area contributed by atoms with Gasteiger partial charge in [0.15, 0.2) is 9.84 Å². The summed E-state index contributed by atoms with van der Waals surface area (Å²) in [6, 6.07) is 3.98. The molecule has 0 radical (unpaired) electrons. The van der Waals surface area contributed by atoms with Crippen LogP contribution in [0.5, 0.6) is 0 Å². The molecule has 5 heteroatoms. The van der Waals surface area contributed by atoms with Crippen molar-refractivity contribution in [2.45, 2.75) is 23.9 Å². The molecule has 0 bridgehead atoms. The lowest BCUT2D eigenvalue weighted by Crippen LogP contribution is -2.20.